The summed E-state index contributed by atoms with van der Waals surface area (Å²) < 4.78 is 4.77. The highest BCUT2D eigenvalue weighted by molar-refractivity contribution is 6.02. The lowest BCUT2D eigenvalue weighted by Gasteiger charge is -1.98. The fourth-order valence-electron chi connectivity index (χ4n) is 0.986. The van der Waals surface area contributed by atoms with Crippen LogP contribution in [0.25, 0.3) is 0 Å². The fraction of sp³-hybridized carbons (Fsp3) is 0. The smallest absolute Gasteiger partial charge is 0.322 e. The zero-order valence-corrected chi connectivity index (χ0v) is 7.18. The molecule has 0 aliphatic rings. The van der Waals surface area contributed by atoms with Gasteiger partial charge < -0.3 is 4.42 Å². The molecular weight excluding hydrogens is 182 g/mol. The van der Waals surface area contributed by atoms with Crippen LogP contribution in [0.4, 0.5) is 6.01 Å². The van der Waals surface area contributed by atoms with Crippen LogP contribution in [0.3, 0.4) is 0 Å². The van der Waals surface area contributed by atoms with Gasteiger partial charge in [0.25, 0.3) is 5.91 Å². The van der Waals surface area contributed by atoms with E-state index in [1.165, 1.54) is 0 Å². The number of hydrogen-bond acceptors (Lipinski definition) is 4. The van der Waals surface area contributed by atoms with Crippen LogP contribution in [0.15, 0.2) is 41.1 Å². The highest BCUT2D eigenvalue weighted by Crippen LogP contribution is 2.04. The first-order valence-electron chi connectivity index (χ1n) is 3.99. The number of benzene rings is 1. The summed E-state index contributed by atoms with van der Waals surface area (Å²) in [6.07, 6.45) is 1.15. The number of carbonyl (C=O) groups is 1. The third-order valence-corrected chi connectivity index (χ3v) is 1.62. The fourth-order valence-corrected chi connectivity index (χ4v) is 0.986. The first-order chi connectivity index (χ1) is 6.86. The molecule has 0 radical (unpaired) electrons. The molecule has 0 aliphatic heterocycles. The van der Waals surface area contributed by atoms with E-state index in [1.807, 2.05) is 6.07 Å². The standard InChI is InChI=1S/C9H7N3O2/c13-8(7-4-2-1-3-5-7)11-9-12-10-6-14-9/h1-6H,(H,11,12,13). The van der Waals surface area contributed by atoms with E-state index in [0.717, 1.165) is 6.39 Å². The molecule has 1 aromatic carbocycles. The van der Waals surface area contributed by atoms with Gasteiger partial charge in [-0.15, -0.1) is 5.10 Å². The minimum Gasteiger partial charge on any atom is -0.411 e. The van der Waals surface area contributed by atoms with E-state index in [-0.39, 0.29) is 11.9 Å². The van der Waals surface area contributed by atoms with Crippen LogP contribution in [0.5, 0.6) is 0 Å². The van der Waals surface area contributed by atoms with E-state index in [2.05, 4.69) is 15.5 Å². The van der Waals surface area contributed by atoms with Crippen molar-refractivity contribution in [2.45, 2.75) is 0 Å². The van der Waals surface area contributed by atoms with Crippen molar-refractivity contribution in [3.8, 4) is 0 Å². The Morgan fingerprint density at radius 1 is 1.29 bits per heavy atom. The summed E-state index contributed by atoms with van der Waals surface area (Å²) in [5, 5.41) is 9.43. The van der Waals surface area contributed by atoms with Crippen molar-refractivity contribution in [3.05, 3.63) is 42.3 Å². The second-order valence-corrected chi connectivity index (χ2v) is 2.56. The zero-order chi connectivity index (χ0) is 9.80. The van der Waals surface area contributed by atoms with Crippen LogP contribution in [0.2, 0.25) is 0 Å². The molecule has 1 N–H and O–H groups in total. The average molecular weight is 189 g/mol. The molecule has 14 heavy (non-hydrogen) atoms. The van der Waals surface area contributed by atoms with Crippen molar-refractivity contribution >= 4 is 11.9 Å². The summed E-state index contributed by atoms with van der Waals surface area (Å²) in [6.45, 7) is 0. The highest BCUT2D eigenvalue weighted by Gasteiger charge is 2.07. The van der Waals surface area contributed by atoms with Gasteiger partial charge >= 0.3 is 6.01 Å². The number of aromatic nitrogens is 2. The molecule has 2 rings (SSSR count). The van der Waals surface area contributed by atoms with Gasteiger partial charge in [-0.05, 0) is 12.1 Å². The van der Waals surface area contributed by atoms with Crippen molar-refractivity contribution < 1.29 is 9.21 Å². The maximum absolute atomic E-state index is 11.5. The number of carbonyl (C=O) groups excluding carboxylic acids is 1. The second kappa shape index (κ2) is 3.69. The first kappa shape index (κ1) is 8.43. The normalized spacial score (nSPS) is 9.71. The van der Waals surface area contributed by atoms with Crippen LogP contribution in [-0.4, -0.2) is 16.1 Å². The Morgan fingerprint density at radius 3 is 2.71 bits per heavy atom. The van der Waals surface area contributed by atoms with E-state index in [0.29, 0.717) is 5.56 Å². The number of hydrogen-bond donors (Lipinski definition) is 1. The van der Waals surface area contributed by atoms with Gasteiger partial charge in [0.1, 0.15) is 0 Å². The molecular formula is C9H7N3O2. The largest absolute Gasteiger partial charge is 0.411 e. The van der Waals surface area contributed by atoms with Gasteiger partial charge in [-0.3, -0.25) is 10.1 Å². The summed E-state index contributed by atoms with van der Waals surface area (Å²) in [6, 6.07) is 8.89. The van der Waals surface area contributed by atoms with Crippen LogP contribution >= 0.6 is 0 Å². The lowest BCUT2D eigenvalue weighted by molar-refractivity contribution is 0.102. The van der Waals surface area contributed by atoms with Crippen molar-refractivity contribution in [2.75, 3.05) is 5.32 Å². The minimum atomic E-state index is -0.269. The predicted molar refractivity (Wildman–Crippen MR) is 48.7 cm³/mol. The van der Waals surface area contributed by atoms with Gasteiger partial charge in [-0.25, -0.2) is 0 Å². The summed E-state index contributed by atoms with van der Waals surface area (Å²) in [7, 11) is 0. The second-order valence-electron chi connectivity index (χ2n) is 2.56. The predicted octanol–water partition coefficient (Wildman–Crippen LogP) is 1.32. The average Bonchev–Trinajstić information content (AvgIpc) is 2.72. The van der Waals surface area contributed by atoms with Crippen LogP contribution in [0, 0.1) is 0 Å². The number of amides is 1. The molecule has 70 valence electrons. The number of anilines is 1. The maximum Gasteiger partial charge on any atom is 0.322 e. The first-order valence-corrected chi connectivity index (χ1v) is 3.99. The van der Waals surface area contributed by atoms with Crippen molar-refractivity contribution in [1.82, 2.24) is 10.2 Å². The molecule has 1 heterocycles. The number of nitrogens with zero attached hydrogens (tertiary/aromatic N) is 2. The lowest BCUT2D eigenvalue weighted by atomic mass is 10.2. The quantitative estimate of drug-likeness (QED) is 0.773. The molecule has 0 unspecified atom stereocenters. The van der Waals surface area contributed by atoms with E-state index >= 15 is 0 Å². The van der Waals surface area contributed by atoms with Crippen LogP contribution < -0.4 is 5.32 Å². The van der Waals surface area contributed by atoms with Crippen molar-refractivity contribution in [1.29, 1.82) is 0 Å². The van der Waals surface area contributed by atoms with E-state index < -0.39 is 0 Å². The summed E-state index contributed by atoms with van der Waals surface area (Å²) in [4.78, 5) is 11.5. The number of rotatable bonds is 2. The van der Waals surface area contributed by atoms with Crippen LogP contribution in [-0.2, 0) is 0 Å². The zero-order valence-electron chi connectivity index (χ0n) is 7.18. The Bertz CT molecular complexity index is 411. The Hall–Kier alpha value is -2.17. The molecule has 0 fully saturated rings. The maximum atomic E-state index is 11.5. The van der Waals surface area contributed by atoms with E-state index in [1.54, 1.807) is 24.3 Å². The van der Waals surface area contributed by atoms with Crippen LogP contribution in [0.1, 0.15) is 10.4 Å². The Labute approximate surface area is 79.8 Å². The SMILES string of the molecule is O=C(Nc1nnco1)c1ccccc1. The van der Waals surface area contributed by atoms with Gasteiger partial charge in [0.15, 0.2) is 0 Å². The molecule has 1 aromatic heterocycles. The minimum absolute atomic E-state index is 0.0962. The summed E-state index contributed by atoms with van der Waals surface area (Å²) >= 11 is 0. The molecule has 2 aromatic rings. The summed E-state index contributed by atoms with van der Waals surface area (Å²) in [5.74, 6) is -0.269. The van der Waals surface area contributed by atoms with Gasteiger partial charge in [0.05, 0.1) is 0 Å². The van der Waals surface area contributed by atoms with Gasteiger partial charge in [-0.2, -0.15) is 0 Å². The van der Waals surface area contributed by atoms with Crippen molar-refractivity contribution in [3.63, 3.8) is 0 Å². The lowest BCUT2D eigenvalue weighted by Crippen LogP contribution is -2.11. The third-order valence-electron chi connectivity index (χ3n) is 1.62. The molecule has 0 saturated heterocycles. The van der Waals surface area contributed by atoms with Gasteiger partial charge in [-0.1, -0.05) is 23.3 Å². The molecule has 0 atom stereocenters. The molecule has 5 heteroatoms. The van der Waals surface area contributed by atoms with Gasteiger partial charge in [0, 0.05) is 5.56 Å². The monoisotopic (exact) mass is 189 g/mol. The van der Waals surface area contributed by atoms with E-state index in [4.69, 9.17) is 4.42 Å². The third kappa shape index (κ3) is 1.77. The Morgan fingerprint density at radius 2 is 2.07 bits per heavy atom. The Kier molecular flexibility index (Phi) is 2.22. The molecule has 0 bridgehead atoms. The van der Waals surface area contributed by atoms with Gasteiger partial charge in [0.2, 0.25) is 6.39 Å². The molecule has 1 amide bonds. The molecule has 0 aliphatic carbocycles. The topological polar surface area (TPSA) is 68.0 Å². The Balaban J connectivity index is 2.11. The van der Waals surface area contributed by atoms with E-state index in [9.17, 15) is 4.79 Å². The molecule has 5 nitrogen and oxygen atoms in total. The summed E-state index contributed by atoms with van der Waals surface area (Å²) in [5.41, 5.74) is 0.547. The highest BCUT2D eigenvalue weighted by atomic mass is 16.4. The molecule has 0 spiro atoms. The van der Waals surface area contributed by atoms with Crippen molar-refractivity contribution in [2.24, 2.45) is 0 Å². The molecule has 0 saturated carbocycles. The number of nitrogens with one attached hydrogen (secondary N) is 1.